The van der Waals surface area contributed by atoms with Crippen LogP contribution in [0.15, 0.2) is 65.5 Å². The van der Waals surface area contributed by atoms with Crippen molar-refractivity contribution in [2.45, 2.75) is 13.0 Å². The van der Waals surface area contributed by atoms with Gasteiger partial charge in [-0.25, -0.2) is 0 Å². The number of furan rings is 1. The summed E-state index contributed by atoms with van der Waals surface area (Å²) in [5.74, 6) is 0.670. The number of amides is 1. The Hall–Kier alpha value is -2.59. The smallest absolute Gasteiger partial charge is 0.224 e. The second kappa shape index (κ2) is 7.11. The molecule has 0 aliphatic rings. The van der Waals surface area contributed by atoms with Gasteiger partial charge in [-0.05, 0) is 35.4 Å². The van der Waals surface area contributed by atoms with E-state index in [4.69, 9.17) is 16.0 Å². The van der Waals surface area contributed by atoms with Crippen LogP contribution >= 0.6 is 11.6 Å². The number of halogens is 1. The summed E-state index contributed by atoms with van der Waals surface area (Å²) in [6.45, 7) is 0.408. The maximum absolute atomic E-state index is 12.0. The molecule has 5 heteroatoms. The van der Waals surface area contributed by atoms with Crippen LogP contribution in [-0.2, 0) is 17.8 Å². The van der Waals surface area contributed by atoms with Crippen molar-refractivity contribution in [1.29, 1.82) is 0 Å². The molecule has 0 unspecified atom stereocenters. The third-order valence-corrected chi connectivity index (χ3v) is 3.77. The van der Waals surface area contributed by atoms with Gasteiger partial charge in [0.15, 0.2) is 0 Å². The number of aromatic nitrogens is 1. The summed E-state index contributed by atoms with van der Waals surface area (Å²) in [7, 11) is 0. The zero-order valence-electron chi connectivity index (χ0n) is 12.3. The fraction of sp³-hybridized carbons (Fsp3) is 0.111. The molecule has 0 atom stereocenters. The van der Waals surface area contributed by atoms with Gasteiger partial charge < -0.3 is 9.73 Å². The van der Waals surface area contributed by atoms with E-state index < -0.39 is 0 Å². The summed E-state index contributed by atoms with van der Waals surface area (Å²) in [6.07, 6.45) is 5.33. The van der Waals surface area contributed by atoms with Crippen molar-refractivity contribution < 1.29 is 9.21 Å². The summed E-state index contributed by atoms with van der Waals surface area (Å²) in [4.78, 5) is 16.2. The van der Waals surface area contributed by atoms with Crippen LogP contribution in [0.25, 0.3) is 11.3 Å². The first-order valence-electron chi connectivity index (χ1n) is 7.20. The molecule has 0 aliphatic heterocycles. The van der Waals surface area contributed by atoms with Crippen LogP contribution in [0.2, 0.25) is 5.02 Å². The van der Waals surface area contributed by atoms with Gasteiger partial charge in [0.2, 0.25) is 5.91 Å². The number of carbonyl (C=O) groups is 1. The Kier molecular flexibility index (Phi) is 4.74. The molecular formula is C18H15ClN2O2. The molecule has 0 aliphatic carbocycles. The minimum absolute atomic E-state index is 0.0819. The van der Waals surface area contributed by atoms with Crippen LogP contribution in [0.1, 0.15) is 11.1 Å². The predicted molar refractivity (Wildman–Crippen MR) is 88.9 cm³/mol. The number of nitrogens with zero attached hydrogens (tertiary/aromatic N) is 1. The van der Waals surface area contributed by atoms with Gasteiger partial charge in [0.05, 0.1) is 12.7 Å². The minimum Gasteiger partial charge on any atom is -0.464 e. The van der Waals surface area contributed by atoms with Crippen LogP contribution in [0.4, 0.5) is 0 Å². The second-order valence-corrected chi connectivity index (χ2v) is 5.51. The van der Waals surface area contributed by atoms with Crippen molar-refractivity contribution in [2.75, 3.05) is 0 Å². The highest BCUT2D eigenvalue weighted by atomic mass is 35.5. The van der Waals surface area contributed by atoms with Gasteiger partial charge in [0.25, 0.3) is 0 Å². The first-order chi connectivity index (χ1) is 11.2. The van der Waals surface area contributed by atoms with Crippen molar-refractivity contribution in [3.63, 3.8) is 0 Å². The zero-order valence-corrected chi connectivity index (χ0v) is 13.1. The number of benzene rings is 1. The maximum Gasteiger partial charge on any atom is 0.224 e. The van der Waals surface area contributed by atoms with Crippen molar-refractivity contribution in [3.05, 3.63) is 77.3 Å². The quantitative estimate of drug-likeness (QED) is 0.774. The molecule has 0 saturated heterocycles. The normalized spacial score (nSPS) is 10.5. The van der Waals surface area contributed by atoms with E-state index in [0.717, 1.165) is 22.5 Å². The topological polar surface area (TPSA) is 55.1 Å². The lowest BCUT2D eigenvalue weighted by Gasteiger charge is -2.07. The van der Waals surface area contributed by atoms with E-state index in [0.29, 0.717) is 11.6 Å². The van der Waals surface area contributed by atoms with Crippen molar-refractivity contribution in [2.24, 2.45) is 0 Å². The van der Waals surface area contributed by atoms with E-state index in [9.17, 15) is 4.79 Å². The molecule has 3 aromatic rings. The number of rotatable bonds is 5. The summed E-state index contributed by atoms with van der Waals surface area (Å²) < 4.78 is 5.35. The third kappa shape index (κ3) is 3.99. The van der Waals surface area contributed by atoms with Gasteiger partial charge in [0, 0.05) is 29.5 Å². The van der Waals surface area contributed by atoms with Crippen LogP contribution < -0.4 is 5.32 Å². The highest BCUT2D eigenvalue weighted by Crippen LogP contribution is 2.19. The molecule has 0 saturated carbocycles. The molecule has 0 radical (unpaired) electrons. The average molecular weight is 327 g/mol. The predicted octanol–water partition coefficient (Wildman–Crippen LogP) is 3.85. The van der Waals surface area contributed by atoms with Gasteiger partial charge in [-0.2, -0.15) is 0 Å². The first-order valence-corrected chi connectivity index (χ1v) is 7.58. The van der Waals surface area contributed by atoms with E-state index in [-0.39, 0.29) is 12.3 Å². The molecule has 0 fully saturated rings. The molecule has 1 N–H and O–H groups in total. The van der Waals surface area contributed by atoms with Gasteiger partial charge in [-0.3, -0.25) is 9.78 Å². The molecule has 3 rings (SSSR count). The standard InChI is InChI=1S/C18H15ClN2O2/c19-16-5-2-1-4-14(16)9-18(22)21-11-13-8-15(12-20-10-13)17-6-3-7-23-17/h1-8,10,12H,9,11H2,(H,21,22). The van der Waals surface area contributed by atoms with Crippen molar-refractivity contribution >= 4 is 17.5 Å². The molecule has 2 heterocycles. The molecule has 0 bridgehead atoms. The molecule has 2 aromatic heterocycles. The Bertz CT molecular complexity index is 800. The fourth-order valence-electron chi connectivity index (χ4n) is 2.24. The number of hydrogen-bond donors (Lipinski definition) is 1. The Labute approximate surface area is 139 Å². The molecular weight excluding hydrogens is 312 g/mol. The number of carbonyl (C=O) groups excluding carboxylic acids is 1. The lowest BCUT2D eigenvalue weighted by molar-refractivity contribution is -0.120. The van der Waals surface area contributed by atoms with Crippen LogP contribution in [0.3, 0.4) is 0 Å². The van der Waals surface area contributed by atoms with Crippen LogP contribution in [0.5, 0.6) is 0 Å². The monoisotopic (exact) mass is 326 g/mol. The van der Waals surface area contributed by atoms with Gasteiger partial charge >= 0.3 is 0 Å². The van der Waals surface area contributed by atoms with Crippen molar-refractivity contribution in [3.8, 4) is 11.3 Å². The van der Waals surface area contributed by atoms with Gasteiger partial charge in [-0.1, -0.05) is 29.8 Å². The fourth-order valence-corrected chi connectivity index (χ4v) is 2.44. The number of hydrogen-bond acceptors (Lipinski definition) is 3. The minimum atomic E-state index is -0.0819. The highest BCUT2D eigenvalue weighted by molar-refractivity contribution is 6.31. The van der Waals surface area contributed by atoms with Gasteiger partial charge in [-0.15, -0.1) is 0 Å². The summed E-state index contributed by atoms with van der Waals surface area (Å²) >= 11 is 6.06. The molecule has 4 nitrogen and oxygen atoms in total. The third-order valence-electron chi connectivity index (χ3n) is 3.40. The van der Waals surface area contributed by atoms with Crippen LogP contribution in [0, 0.1) is 0 Å². The second-order valence-electron chi connectivity index (χ2n) is 5.10. The first kappa shape index (κ1) is 15.3. The lowest BCUT2D eigenvalue weighted by atomic mass is 10.1. The van der Waals surface area contributed by atoms with E-state index in [1.54, 1.807) is 24.7 Å². The Morgan fingerprint density at radius 1 is 1.17 bits per heavy atom. The van der Waals surface area contributed by atoms with E-state index >= 15 is 0 Å². The highest BCUT2D eigenvalue weighted by Gasteiger charge is 2.07. The van der Waals surface area contributed by atoms with Gasteiger partial charge in [0.1, 0.15) is 5.76 Å². The Morgan fingerprint density at radius 2 is 2.04 bits per heavy atom. The van der Waals surface area contributed by atoms with Crippen molar-refractivity contribution in [1.82, 2.24) is 10.3 Å². The summed E-state index contributed by atoms with van der Waals surface area (Å²) in [5, 5.41) is 3.48. The molecule has 1 aromatic carbocycles. The molecule has 1 amide bonds. The molecule has 23 heavy (non-hydrogen) atoms. The Morgan fingerprint density at radius 3 is 2.83 bits per heavy atom. The van der Waals surface area contributed by atoms with E-state index in [2.05, 4.69) is 10.3 Å². The maximum atomic E-state index is 12.0. The van der Waals surface area contributed by atoms with E-state index in [1.165, 1.54) is 0 Å². The number of pyridine rings is 1. The largest absolute Gasteiger partial charge is 0.464 e. The number of nitrogens with one attached hydrogen (secondary N) is 1. The lowest BCUT2D eigenvalue weighted by Crippen LogP contribution is -2.24. The molecule has 0 spiro atoms. The zero-order chi connectivity index (χ0) is 16.1. The Balaban J connectivity index is 1.61. The summed E-state index contributed by atoms with van der Waals surface area (Å²) in [5.41, 5.74) is 2.60. The molecule has 116 valence electrons. The van der Waals surface area contributed by atoms with Crippen LogP contribution in [-0.4, -0.2) is 10.9 Å². The van der Waals surface area contributed by atoms with E-state index in [1.807, 2.05) is 36.4 Å². The summed E-state index contributed by atoms with van der Waals surface area (Å²) in [6, 6.07) is 13.0. The SMILES string of the molecule is O=C(Cc1ccccc1Cl)NCc1cncc(-c2ccco2)c1. The average Bonchev–Trinajstić information content (AvgIpc) is 3.10.